The topological polar surface area (TPSA) is 3.24 Å². The van der Waals surface area contributed by atoms with E-state index in [9.17, 15) is 4.39 Å². The van der Waals surface area contributed by atoms with Gasteiger partial charge in [-0.15, -0.1) is 0 Å². The van der Waals surface area contributed by atoms with Gasteiger partial charge in [0.2, 0.25) is 0 Å². The average Bonchev–Trinajstić information content (AvgIpc) is 2.38. The maximum atomic E-state index is 13.2. The monoisotopic (exact) mass is 307 g/mol. The predicted molar refractivity (Wildman–Crippen MR) is 78.3 cm³/mol. The number of alkyl halides is 1. The van der Waals surface area contributed by atoms with Crippen LogP contribution in [0.4, 0.5) is 15.8 Å². The molecule has 0 radical (unpaired) electrons. The van der Waals surface area contributed by atoms with Gasteiger partial charge in [0.25, 0.3) is 0 Å². The van der Waals surface area contributed by atoms with E-state index in [0.717, 1.165) is 16.9 Å². The molecule has 0 bridgehead atoms. The number of hydrogen-bond donors (Lipinski definition) is 0. The Labute approximate surface area is 115 Å². The van der Waals surface area contributed by atoms with Crippen molar-refractivity contribution in [3.05, 3.63) is 59.4 Å². The molecule has 0 spiro atoms. The highest BCUT2D eigenvalue weighted by molar-refractivity contribution is 9.08. The molecule has 18 heavy (non-hydrogen) atoms. The fraction of sp³-hybridized carbons (Fsp3) is 0.200. The minimum Gasteiger partial charge on any atom is -0.344 e. The summed E-state index contributed by atoms with van der Waals surface area (Å²) in [5, 5.41) is 0.635. The van der Waals surface area contributed by atoms with Gasteiger partial charge in [-0.25, -0.2) is 4.39 Å². The zero-order valence-electron chi connectivity index (χ0n) is 10.5. The van der Waals surface area contributed by atoms with Gasteiger partial charge in [-0.1, -0.05) is 33.6 Å². The first-order valence-corrected chi connectivity index (χ1v) is 6.89. The smallest absolute Gasteiger partial charge is 0.123 e. The lowest BCUT2D eigenvalue weighted by Crippen LogP contribution is -2.11. The zero-order valence-corrected chi connectivity index (χ0v) is 12.0. The van der Waals surface area contributed by atoms with Gasteiger partial charge in [-0.05, 0) is 42.8 Å². The third kappa shape index (κ3) is 2.72. The molecule has 0 aliphatic heterocycles. The van der Waals surface area contributed by atoms with Crippen LogP contribution in [-0.4, -0.2) is 7.05 Å². The molecule has 2 aromatic carbocycles. The summed E-state index contributed by atoms with van der Waals surface area (Å²) >= 11 is 3.40. The summed E-state index contributed by atoms with van der Waals surface area (Å²) in [7, 11) is 1.99. The van der Waals surface area contributed by atoms with Gasteiger partial charge in [0.1, 0.15) is 5.82 Å². The fourth-order valence-electron chi connectivity index (χ4n) is 1.90. The average molecular weight is 308 g/mol. The van der Waals surface area contributed by atoms with Gasteiger partial charge in [-0.2, -0.15) is 0 Å². The molecule has 0 heterocycles. The van der Waals surface area contributed by atoms with Crippen LogP contribution < -0.4 is 4.90 Å². The first kappa shape index (κ1) is 13.1. The second-order valence-electron chi connectivity index (χ2n) is 4.30. The van der Waals surface area contributed by atoms with Crippen LogP contribution in [0.15, 0.2) is 42.5 Å². The highest BCUT2D eigenvalue weighted by Gasteiger charge is 2.09. The highest BCUT2D eigenvalue weighted by atomic mass is 79.9. The van der Waals surface area contributed by atoms with Crippen LogP contribution in [0, 0.1) is 12.7 Å². The molecule has 0 amide bonds. The first-order valence-electron chi connectivity index (χ1n) is 5.76. The number of nitrogens with zero attached hydrogens (tertiary/aromatic N) is 1. The molecule has 0 aromatic heterocycles. The van der Waals surface area contributed by atoms with E-state index in [1.54, 1.807) is 6.07 Å². The molecule has 94 valence electrons. The molecule has 2 aromatic rings. The SMILES string of the molecule is Cc1ccc(N(C)c2ccc(F)cc2CBr)cc1. The second-order valence-corrected chi connectivity index (χ2v) is 4.86. The third-order valence-electron chi connectivity index (χ3n) is 2.97. The van der Waals surface area contributed by atoms with Gasteiger partial charge >= 0.3 is 0 Å². The molecule has 0 saturated carbocycles. The summed E-state index contributed by atoms with van der Waals surface area (Å²) in [6, 6.07) is 13.1. The maximum absolute atomic E-state index is 13.2. The number of anilines is 2. The van der Waals surface area contributed by atoms with E-state index < -0.39 is 0 Å². The molecule has 2 rings (SSSR count). The van der Waals surface area contributed by atoms with Crippen molar-refractivity contribution in [3.63, 3.8) is 0 Å². The first-order chi connectivity index (χ1) is 8.61. The van der Waals surface area contributed by atoms with Gasteiger partial charge in [0.05, 0.1) is 0 Å². The second kappa shape index (κ2) is 5.53. The summed E-state index contributed by atoms with van der Waals surface area (Å²) in [6.07, 6.45) is 0. The summed E-state index contributed by atoms with van der Waals surface area (Å²) in [4.78, 5) is 2.06. The summed E-state index contributed by atoms with van der Waals surface area (Å²) in [5.41, 5.74) is 4.27. The zero-order chi connectivity index (χ0) is 13.1. The Hall–Kier alpha value is -1.35. The van der Waals surface area contributed by atoms with Gasteiger partial charge in [0.15, 0.2) is 0 Å². The molecule has 0 aliphatic rings. The minimum atomic E-state index is -0.203. The molecule has 0 saturated heterocycles. The molecular formula is C15H15BrFN. The predicted octanol–water partition coefficient (Wildman–Crippen LogP) is 4.80. The summed E-state index contributed by atoms with van der Waals surface area (Å²) in [6.45, 7) is 2.06. The Balaban J connectivity index is 2.39. The van der Waals surface area contributed by atoms with Gasteiger partial charge in [0, 0.05) is 23.8 Å². The summed E-state index contributed by atoms with van der Waals surface area (Å²) < 4.78 is 13.2. The van der Waals surface area contributed by atoms with Crippen molar-refractivity contribution in [2.75, 3.05) is 11.9 Å². The van der Waals surface area contributed by atoms with Crippen LogP contribution in [0.5, 0.6) is 0 Å². The van der Waals surface area contributed by atoms with E-state index in [0.29, 0.717) is 5.33 Å². The molecule has 3 heteroatoms. The number of hydrogen-bond acceptors (Lipinski definition) is 1. The van der Waals surface area contributed by atoms with E-state index in [1.807, 2.05) is 13.1 Å². The lowest BCUT2D eigenvalue weighted by Gasteiger charge is -2.22. The molecule has 1 nitrogen and oxygen atoms in total. The Morgan fingerprint density at radius 1 is 1.11 bits per heavy atom. The molecule has 0 N–H and O–H groups in total. The summed E-state index contributed by atoms with van der Waals surface area (Å²) in [5.74, 6) is -0.203. The highest BCUT2D eigenvalue weighted by Crippen LogP contribution is 2.29. The lowest BCUT2D eigenvalue weighted by atomic mass is 10.1. The van der Waals surface area contributed by atoms with Crippen molar-refractivity contribution >= 4 is 27.3 Å². The van der Waals surface area contributed by atoms with Crippen LogP contribution in [0.3, 0.4) is 0 Å². The number of benzene rings is 2. The van der Waals surface area contributed by atoms with Crippen LogP contribution in [-0.2, 0) is 5.33 Å². The Kier molecular flexibility index (Phi) is 4.02. The molecule has 0 aliphatic carbocycles. The quantitative estimate of drug-likeness (QED) is 0.736. The van der Waals surface area contributed by atoms with Crippen molar-refractivity contribution in [3.8, 4) is 0 Å². The van der Waals surface area contributed by atoms with Crippen molar-refractivity contribution < 1.29 is 4.39 Å². The normalized spacial score (nSPS) is 10.4. The lowest BCUT2D eigenvalue weighted by molar-refractivity contribution is 0.626. The molecule has 0 fully saturated rings. The minimum absolute atomic E-state index is 0.203. The standard InChI is InChI=1S/C15H15BrFN/c1-11-3-6-14(7-4-11)18(2)15-8-5-13(17)9-12(15)10-16/h3-9H,10H2,1-2H3. The van der Waals surface area contributed by atoms with Crippen molar-refractivity contribution in [2.24, 2.45) is 0 Å². The van der Waals surface area contributed by atoms with E-state index in [-0.39, 0.29) is 5.82 Å². The van der Waals surface area contributed by atoms with E-state index in [4.69, 9.17) is 0 Å². The Morgan fingerprint density at radius 2 is 1.78 bits per heavy atom. The number of halogens is 2. The van der Waals surface area contributed by atoms with E-state index in [1.165, 1.54) is 11.6 Å². The molecule has 0 unspecified atom stereocenters. The Morgan fingerprint density at radius 3 is 2.39 bits per heavy atom. The van der Waals surface area contributed by atoms with E-state index in [2.05, 4.69) is 52.0 Å². The Bertz CT molecular complexity index is 537. The van der Waals surface area contributed by atoms with Crippen LogP contribution in [0.2, 0.25) is 0 Å². The van der Waals surface area contributed by atoms with Gasteiger partial charge in [-0.3, -0.25) is 0 Å². The number of aryl methyl sites for hydroxylation is 1. The van der Waals surface area contributed by atoms with Crippen molar-refractivity contribution in [1.82, 2.24) is 0 Å². The third-order valence-corrected chi connectivity index (χ3v) is 3.57. The van der Waals surface area contributed by atoms with Crippen molar-refractivity contribution in [2.45, 2.75) is 12.3 Å². The van der Waals surface area contributed by atoms with Crippen LogP contribution in [0.1, 0.15) is 11.1 Å². The fourth-order valence-corrected chi connectivity index (χ4v) is 2.34. The maximum Gasteiger partial charge on any atom is 0.123 e. The largest absolute Gasteiger partial charge is 0.344 e. The van der Waals surface area contributed by atoms with Crippen LogP contribution in [0.25, 0.3) is 0 Å². The van der Waals surface area contributed by atoms with Gasteiger partial charge < -0.3 is 4.90 Å². The molecule has 0 atom stereocenters. The molecular weight excluding hydrogens is 293 g/mol. The number of rotatable bonds is 3. The van der Waals surface area contributed by atoms with E-state index >= 15 is 0 Å². The van der Waals surface area contributed by atoms with Crippen molar-refractivity contribution in [1.29, 1.82) is 0 Å². The van der Waals surface area contributed by atoms with Crippen LogP contribution >= 0.6 is 15.9 Å².